The van der Waals surface area contributed by atoms with E-state index < -0.39 is 24.5 Å². The van der Waals surface area contributed by atoms with Crippen molar-refractivity contribution >= 4 is 23.7 Å². The Morgan fingerprint density at radius 3 is 2.47 bits per heavy atom. The number of likely N-dealkylation sites (tertiary alicyclic amines) is 1. The molecular weight excluding hydrogens is 388 g/mol. The molecule has 2 unspecified atom stereocenters. The summed E-state index contributed by atoms with van der Waals surface area (Å²) in [4.78, 5) is 50.3. The number of aryl methyl sites for hydroxylation is 1. The van der Waals surface area contributed by atoms with E-state index in [1.165, 1.54) is 6.92 Å². The first-order valence-corrected chi connectivity index (χ1v) is 10.4. The smallest absolute Gasteiger partial charge is 0.329 e. The van der Waals surface area contributed by atoms with Gasteiger partial charge in [-0.1, -0.05) is 25.0 Å². The molecule has 1 heterocycles. The van der Waals surface area contributed by atoms with Gasteiger partial charge in [-0.25, -0.2) is 4.79 Å². The van der Waals surface area contributed by atoms with Crippen LogP contribution in [0.25, 0.3) is 0 Å². The molecule has 3 amide bonds. The Labute approximate surface area is 175 Å². The second-order valence-corrected chi connectivity index (χ2v) is 7.84. The van der Waals surface area contributed by atoms with Crippen molar-refractivity contribution in [1.29, 1.82) is 0 Å². The molecule has 0 spiro atoms. The topological polar surface area (TPSA) is 102 Å². The summed E-state index contributed by atoms with van der Waals surface area (Å²) in [5, 5.41) is 2.60. The van der Waals surface area contributed by atoms with Gasteiger partial charge in [-0.05, 0) is 44.4 Å². The standard InChI is InChI=1S/C22H28N2O6/c1-14-6-5-7-16(12-14)29-11-10-23-19(25)13-30-22(28)15(2)24-20(26)17-8-3-4-9-18(17)21(24)27/h5-7,12,15,17-18H,3-4,8-11,13H2,1-2H3,(H,23,25)/t15-,17?,18?/m0/s1. The largest absolute Gasteiger partial charge is 0.492 e. The van der Waals surface area contributed by atoms with Crippen LogP contribution in [-0.4, -0.2) is 54.4 Å². The van der Waals surface area contributed by atoms with E-state index in [0.29, 0.717) is 18.6 Å². The van der Waals surface area contributed by atoms with E-state index in [9.17, 15) is 19.2 Å². The van der Waals surface area contributed by atoms with Gasteiger partial charge in [-0.15, -0.1) is 0 Å². The molecular formula is C22H28N2O6. The summed E-state index contributed by atoms with van der Waals surface area (Å²) in [6.07, 6.45) is 3.20. The van der Waals surface area contributed by atoms with E-state index in [1.54, 1.807) is 0 Å². The van der Waals surface area contributed by atoms with Gasteiger partial charge in [0.2, 0.25) is 11.8 Å². The third kappa shape index (κ3) is 4.98. The Bertz CT molecular complexity index is 800. The van der Waals surface area contributed by atoms with Gasteiger partial charge < -0.3 is 14.8 Å². The number of nitrogens with zero attached hydrogens (tertiary/aromatic N) is 1. The van der Waals surface area contributed by atoms with Crippen molar-refractivity contribution < 1.29 is 28.7 Å². The van der Waals surface area contributed by atoms with Gasteiger partial charge in [-0.2, -0.15) is 0 Å². The van der Waals surface area contributed by atoms with Crippen LogP contribution in [0.3, 0.4) is 0 Å². The number of carbonyl (C=O) groups is 4. The normalized spacial score (nSPS) is 21.7. The SMILES string of the molecule is Cc1cccc(OCCNC(=O)COC(=O)[C@H](C)N2C(=O)C3CCCCC3C2=O)c1. The predicted octanol–water partition coefficient (Wildman–Crippen LogP) is 1.60. The van der Waals surface area contributed by atoms with Crippen LogP contribution in [0, 0.1) is 18.8 Å². The van der Waals surface area contributed by atoms with Gasteiger partial charge in [0.1, 0.15) is 18.4 Å². The highest BCUT2D eigenvalue weighted by Gasteiger charge is 2.51. The number of rotatable bonds is 8. The van der Waals surface area contributed by atoms with Gasteiger partial charge in [-0.3, -0.25) is 19.3 Å². The van der Waals surface area contributed by atoms with E-state index in [2.05, 4.69) is 5.32 Å². The fourth-order valence-electron chi connectivity index (χ4n) is 4.05. The molecule has 0 bridgehead atoms. The lowest BCUT2D eigenvalue weighted by Crippen LogP contribution is -2.45. The van der Waals surface area contributed by atoms with Crippen molar-refractivity contribution in [2.45, 2.75) is 45.6 Å². The molecule has 1 N–H and O–H groups in total. The Kier molecular flexibility index (Phi) is 7.07. The zero-order valence-corrected chi connectivity index (χ0v) is 17.4. The van der Waals surface area contributed by atoms with Crippen molar-refractivity contribution in [3.8, 4) is 5.75 Å². The highest BCUT2D eigenvalue weighted by atomic mass is 16.5. The Balaban J connectivity index is 1.39. The van der Waals surface area contributed by atoms with Gasteiger partial charge in [0.15, 0.2) is 6.61 Å². The highest BCUT2D eigenvalue weighted by molar-refractivity contribution is 6.07. The van der Waals surface area contributed by atoms with Gasteiger partial charge in [0, 0.05) is 0 Å². The lowest BCUT2D eigenvalue weighted by atomic mass is 9.81. The number of nitrogens with one attached hydrogen (secondary N) is 1. The first-order valence-electron chi connectivity index (χ1n) is 10.4. The van der Waals surface area contributed by atoms with Crippen molar-refractivity contribution in [2.24, 2.45) is 11.8 Å². The number of fused-ring (bicyclic) bond motifs is 1. The molecule has 1 aromatic rings. The zero-order valence-electron chi connectivity index (χ0n) is 17.4. The quantitative estimate of drug-likeness (QED) is 0.392. The number of hydrogen-bond donors (Lipinski definition) is 1. The Morgan fingerprint density at radius 1 is 1.17 bits per heavy atom. The van der Waals surface area contributed by atoms with E-state index >= 15 is 0 Å². The minimum atomic E-state index is -1.03. The van der Waals surface area contributed by atoms with Gasteiger partial charge in [0.25, 0.3) is 5.91 Å². The summed E-state index contributed by atoms with van der Waals surface area (Å²) < 4.78 is 10.6. The van der Waals surface area contributed by atoms with Crippen molar-refractivity contribution in [3.63, 3.8) is 0 Å². The second kappa shape index (κ2) is 9.73. The molecule has 1 aliphatic heterocycles. The monoisotopic (exact) mass is 416 g/mol. The molecule has 162 valence electrons. The third-order valence-electron chi connectivity index (χ3n) is 5.63. The number of hydrogen-bond acceptors (Lipinski definition) is 6. The average Bonchev–Trinajstić information content (AvgIpc) is 2.99. The van der Waals surface area contributed by atoms with Crippen LogP contribution in [0.2, 0.25) is 0 Å². The fraction of sp³-hybridized carbons (Fsp3) is 0.545. The number of amides is 3. The molecule has 2 aliphatic rings. The van der Waals surface area contributed by atoms with E-state index in [4.69, 9.17) is 9.47 Å². The first-order chi connectivity index (χ1) is 14.4. The van der Waals surface area contributed by atoms with Crippen molar-refractivity contribution in [3.05, 3.63) is 29.8 Å². The molecule has 1 aliphatic carbocycles. The minimum Gasteiger partial charge on any atom is -0.492 e. The minimum absolute atomic E-state index is 0.256. The Morgan fingerprint density at radius 2 is 1.83 bits per heavy atom. The maximum Gasteiger partial charge on any atom is 0.329 e. The molecule has 2 fully saturated rings. The van der Waals surface area contributed by atoms with Crippen LogP contribution in [0.4, 0.5) is 0 Å². The van der Waals surface area contributed by atoms with Crippen LogP contribution < -0.4 is 10.1 Å². The van der Waals surface area contributed by atoms with Crippen LogP contribution in [-0.2, 0) is 23.9 Å². The van der Waals surface area contributed by atoms with Crippen LogP contribution in [0.1, 0.15) is 38.2 Å². The Hall–Kier alpha value is -2.90. The average molecular weight is 416 g/mol. The summed E-state index contributed by atoms with van der Waals surface area (Å²) in [5.74, 6) is -1.77. The number of esters is 1. The lowest BCUT2D eigenvalue weighted by Gasteiger charge is -2.21. The molecule has 0 radical (unpaired) electrons. The number of carbonyl (C=O) groups excluding carboxylic acids is 4. The predicted molar refractivity (Wildman–Crippen MR) is 107 cm³/mol. The maximum absolute atomic E-state index is 12.6. The zero-order chi connectivity index (χ0) is 21.7. The molecule has 1 aromatic carbocycles. The van der Waals surface area contributed by atoms with Gasteiger partial charge in [0.05, 0.1) is 18.4 Å². The van der Waals surface area contributed by atoms with Crippen molar-refractivity contribution in [2.75, 3.05) is 19.8 Å². The summed E-state index contributed by atoms with van der Waals surface area (Å²) in [6.45, 7) is 3.48. The van der Waals surface area contributed by atoms with Crippen LogP contribution >= 0.6 is 0 Å². The molecule has 8 nitrogen and oxygen atoms in total. The van der Waals surface area contributed by atoms with Crippen LogP contribution in [0.5, 0.6) is 5.75 Å². The fourth-order valence-corrected chi connectivity index (χ4v) is 4.05. The molecule has 3 atom stereocenters. The van der Waals surface area contributed by atoms with Gasteiger partial charge >= 0.3 is 5.97 Å². The van der Waals surface area contributed by atoms with Crippen molar-refractivity contribution in [1.82, 2.24) is 10.2 Å². The molecule has 1 saturated heterocycles. The van der Waals surface area contributed by atoms with E-state index in [0.717, 1.165) is 23.3 Å². The summed E-state index contributed by atoms with van der Waals surface area (Å²) in [7, 11) is 0. The maximum atomic E-state index is 12.6. The first kappa shape index (κ1) is 21.8. The molecule has 30 heavy (non-hydrogen) atoms. The molecule has 3 rings (SSSR count). The van der Waals surface area contributed by atoms with Crippen LogP contribution in [0.15, 0.2) is 24.3 Å². The number of imide groups is 1. The molecule has 1 saturated carbocycles. The number of ether oxygens (including phenoxy) is 2. The number of benzene rings is 1. The molecule has 0 aromatic heterocycles. The summed E-state index contributed by atoms with van der Waals surface area (Å²) in [5.41, 5.74) is 1.08. The highest BCUT2D eigenvalue weighted by Crippen LogP contribution is 2.38. The molecule has 8 heteroatoms. The summed E-state index contributed by atoms with van der Waals surface area (Å²) in [6, 6.07) is 6.53. The van der Waals surface area contributed by atoms with E-state index in [1.807, 2.05) is 31.2 Å². The van der Waals surface area contributed by atoms with E-state index in [-0.39, 0.29) is 36.8 Å². The lowest BCUT2D eigenvalue weighted by molar-refractivity contribution is -0.159. The summed E-state index contributed by atoms with van der Waals surface area (Å²) >= 11 is 0. The second-order valence-electron chi connectivity index (χ2n) is 7.84. The third-order valence-corrected chi connectivity index (χ3v) is 5.63.